The van der Waals surface area contributed by atoms with Crippen molar-refractivity contribution in [1.82, 2.24) is 9.80 Å². The molecule has 0 aliphatic carbocycles. The molecule has 1 fully saturated rings. The van der Waals surface area contributed by atoms with Crippen LogP contribution in [0.5, 0.6) is 11.5 Å². The van der Waals surface area contributed by atoms with Crippen LogP contribution in [-0.2, 0) is 11.2 Å². The fraction of sp³-hybridized carbons (Fsp3) is 0.333. The third-order valence-corrected chi connectivity index (χ3v) is 4.98. The third kappa shape index (κ3) is 3.74. The van der Waals surface area contributed by atoms with Gasteiger partial charge in [0.05, 0.1) is 6.42 Å². The zero-order valence-corrected chi connectivity index (χ0v) is 15.3. The van der Waals surface area contributed by atoms with E-state index in [1.807, 2.05) is 36.1 Å². The summed E-state index contributed by atoms with van der Waals surface area (Å²) in [6, 6.07) is 13.2. The number of fused-ring (bicyclic) bond motifs is 1. The van der Waals surface area contributed by atoms with Crippen LogP contribution in [0.2, 0.25) is 0 Å². The molecular formula is C21H22N2O4. The Hall–Kier alpha value is -3.02. The number of hydrogen-bond donors (Lipinski definition) is 0. The van der Waals surface area contributed by atoms with Crippen molar-refractivity contribution in [3.8, 4) is 11.5 Å². The first-order valence-corrected chi connectivity index (χ1v) is 9.12. The average molecular weight is 366 g/mol. The molecule has 2 heterocycles. The molecule has 27 heavy (non-hydrogen) atoms. The lowest BCUT2D eigenvalue weighted by Gasteiger charge is -2.35. The largest absolute Gasteiger partial charge is 0.454 e. The summed E-state index contributed by atoms with van der Waals surface area (Å²) in [5, 5.41) is 0. The van der Waals surface area contributed by atoms with E-state index in [-0.39, 0.29) is 18.6 Å². The van der Waals surface area contributed by atoms with Gasteiger partial charge in [0.25, 0.3) is 5.91 Å². The van der Waals surface area contributed by atoms with E-state index in [4.69, 9.17) is 9.47 Å². The maximum atomic E-state index is 12.7. The Bertz CT molecular complexity index is 872. The highest BCUT2D eigenvalue weighted by molar-refractivity contribution is 5.95. The Morgan fingerprint density at radius 2 is 1.67 bits per heavy atom. The zero-order chi connectivity index (χ0) is 18.8. The molecule has 6 nitrogen and oxygen atoms in total. The molecule has 140 valence electrons. The van der Waals surface area contributed by atoms with E-state index >= 15 is 0 Å². The van der Waals surface area contributed by atoms with Gasteiger partial charge >= 0.3 is 0 Å². The fourth-order valence-electron chi connectivity index (χ4n) is 3.48. The lowest BCUT2D eigenvalue weighted by atomic mass is 10.1. The summed E-state index contributed by atoms with van der Waals surface area (Å²) in [6.07, 6.45) is 0.401. The van der Waals surface area contributed by atoms with Gasteiger partial charge in [-0.05, 0) is 30.7 Å². The van der Waals surface area contributed by atoms with Gasteiger partial charge in [-0.2, -0.15) is 0 Å². The minimum Gasteiger partial charge on any atom is -0.454 e. The van der Waals surface area contributed by atoms with Crippen LogP contribution in [0.3, 0.4) is 0 Å². The van der Waals surface area contributed by atoms with Crippen LogP contribution >= 0.6 is 0 Å². The summed E-state index contributed by atoms with van der Waals surface area (Å²) >= 11 is 0. The highest BCUT2D eigenvalue weighted by Gasteiger charge is 2.26. The van der Waals surface area contributed by atoms with Gasteiger partial charge in [-0.15, -0.1) is 0 Å². The van der Waals surface area contributed by atoms with Crippen molar-refractivity contribution in [3.05, 3.63) is 59.2 Å². The Morgan fingerprint density at radius 3 is 2.44 bits per heavy atom. The summed E-state index contributed by atoms with van der Waals surface area (Å²) < 4.78 is 10.6. The number of carbonyl (C=O) groups is 2. The third-order valence-electron chi connectivity index (χ3n) is 4.98. The Kier molecular flexibility index (Phi) is 4.71. The van der Waals surface area contributed by atoms with Crippen molar-refractivity contribution in [2.45, 2.75) is 13.3 Å². The SMILES string of the molecule is Cc1cccc(CC(=O)N2CCN(C(=O)c3ccc4c(c3)OCO4)CC2)c1. The van der Waals surface area contributed by atoms with Crippen molar-refractivity contribution < 1.29 is 19.1 Å². The monoisotopic (exact) mass is 366 g/mol. The fourth-order valence-corrected chi connectivity index (χ4v) is 3.48. The smallest absolute Gasteiger partial charge is 0.254 e. The molecule has 0 saturated carbocycles. The number of carbonyl (C=O) groups excluding carboxylic acids is 2. The second kappa shape index (κ2) is 7.31. The highest BCUT2D eigenvalue weighted by atomic mass is 16.7. The van der Waals surface area contributed by atoms with Crippen LogP contribution in [0.4, 0.5) is 0 Å². The molecule has 0 unspecified atom stereocenters. The molecule has 6 heteroatoms. The Balaban J connectivity index is 1.34. The van der Waals surface area contributed by atoms with E-state index < -0.39 is 0 Å². The minimum absolute atomic E-state index is 0.0425. The normalized spacial score (nSPS) is 15.7. The van der Waals surface area contributed by atoms with Gasteiger partial charge in [0, 0.05) is 31.7 Å². The van der Waals surface area contributed by atoms with E-state index in [0.717, 1.165) is 11.1 Å². The Labute approximate surface area is 158 Å². The molecule has 2 aromatic rings. The number of aryl methyl sites for hydroxylation is 1. The molecular weight excluding hydrogens is 344 g/mol. The van der Waals surface area contributed by atoms with Crippen LogP contribution in [0, 0.1) is 6.92 Å². The molecule has 0 atom stereocenters. The topological polar surface area (TPSA) is 59.1 Å². The van der Waals surface area contributed by atoms with Crippen LogP contribution < -0.4 is 9.47 Å². The summed E-state index contributed by atoms with van der Waals surface area (Å²) in [5.41, 5.74) is 2.76. The van der Waals surface area contributed by atoms with Crippen LogP contribution in [0.25, 0.3) is 0 Å². The summed E-state index contributed by atoms with van der Waals surface area (Å²) in [6.45, 7) is 4.39. The number of amides is 2. The lowest BCUT2D eigenvalue weighted by molar-refractivity contribution is -0.131. The minimum atomic E-state index is -0.0425. The molecule has 2 aliphatic heterocycles. The number of benzene rings is 2. The number of ether oxygens (including phenoxy) is 2. The van der Waals surface area contributed by atoms with Gasteiger partial charge in [-0.1, -0.05) is 29.8 Å². The molecule has 1 saturated heterocycles. The molecule has 0 bridgehead atoms. The van der Waals surface area contributed by atoms with Gasteiger partial charge in [0.2, 0.25) is 12.7 Å². The predicted octanol–water partition coefficient (Wildman–Crippen LogP) is 2.25. The van der Waals surface area contributed by atoms with Gasteiger partial charge in [-0.3, -0.25) is 9.59 Å². The first-order chi connectivity index (χ1) is 13.1. The molecule has 0 aromatic heterocycles. The van der Waals surface area contributed by atoms with Crippen molar-refractivity contribution in [3.63, 3.8) is 0 Å². The van der Waals surface area contributed by atoms with Gasteiger partial charge in [0.15, 0.2) is 11.5 Å². The van der Waals surface area contributed by atoms with Crippen molar-refractivity contribution >= 4 is 11.8 Å². The van der Waals surface area contributed by atoms with E-state index in [1.165, 1.54) is 0 Å². The summed E-state index contributed by atoms with van der Waals surface area (Å²) in [4.78, 5) is 28.9. The predicted molar refractivity (Wildman–Crippen MR) is 99.9 cm³/mol. The summed E-state index contributed by atoms with van der Waals surface area (Å²) in [7, 11) is 0. The molecule has 4 rings (SSSR count). The Morgan fingerprint density at radius 1 is 0.926 bits per heavy atom. The quantitative estimate of drug-likeness (QED) is 0.836. The van der Waals surface area contributed by atoms with E-state index in [0.29, 0.717) is 49.7 Å². The van der Waals surface area contributed by atoms with Gasteiger partial charge in [-0.25, -0.2) is 0 Å². The van der Waals surface area contributed by atoms with Gasteiger partial charge < -0.3 is 19.3 Å². The number of rotatable bonds is 3. The first kappa shape index (κ1) is 17.4. The van der Waals surface area contributed by atoms with Crippen LogP contribution in [0.15, 0.2) is 42.5 Å². The average Bonchev–Trinajstić information content (AvgIpc) is 3.15. The summed E-state index contributed by atoms with van der Waals surface area (Å²) in [5.74, 6) is 1.33. The number of nitrogens with zero attached hydrogens (tertiary/aromatic N) is 2. The maximum Gasteiger partial charge on any atom is 0.254 e. The molecule has 0 radical (unpaired) electrons. The highest BCUT2D eigenvalue weighted by Crippen LogP contribution is 2.32. The molecule has 2 amide bonds. The maximum absolute atomic E-state index is 12.7. The van der Waals surface area contributed by atoms with Crippen molar-refractivity contribution in [2.75, 3.05) is 33.0 Å². The number of hydrogen-bond acceptors (Lipinski definition) is 4. The van der Waals surface area contributed by atoms with Crippen LogP contribution in [-0.4, -0.2) is 54.6 Å². The van der Waals surface area contributed by atoms with E-state index in [9.17, 15) is 9.59 Å². The van der Waals surface area contributed by atoms with Crippen molar-refractivity contribution in [2.24, 2.45) is 0 Å². The molecule has 2 aromatic carbocycles. The lowest BCUT2D eigenvalue weighted by Crippen LogP contribution is -2.51. The molecule has 0 N–H and O–H groups in total. The molecule has 2 aliphatic rings. The standard InChI is InChI=1S/C21H22N2O4/c1-15-3-2-4-16(11-15)12-20(24)22-7-9-23(10-8-22)21(25)17-5-6-18-19(13-17)27-14-26-18/h2-6,11,13H,7-10,12,14H2,1H3. The first-order valence-electron chi connectivity index (χ1n) is 9.12. The second-order valence-electron chi connectivity index (χ2n) is 6.91. The van der Waals surface area contributed by atoms with Crippen molar-refractivity contribution in [1.29, 1.82) is 0 Å². The molecule has 0 spiro atoms. The van der Waals surface area contributed by atoms with E-state index in [1.54, 1.807) is 23.1 Å². The van der Waals surface area contributed by atoms with Gasteiger partial charge in [0.1, 0.15) is 0 Å². The number of piperazine rings is 1. The second-order valence-corrected chi connectivity index (χ2v) is 6.91. The van der Waals surface area contributed by atoms with Crippen LogP contribution in [0.1, 0.15) is 21.5 Å². The van der Waals surface area contributed by atoms with E-state index in [2.05, 4.69) is 0 Å². The zero-order valence-electron chi connectivity index (χ0n) is 15.3.